The first-order valence-electron chi connectivity index (χ1n) is 7.30. The van der Waals surface area contributed by atoms with Crippen LogP contribution in [0.25, 0.3) is 11.0 Å². The zero-order valence-corrected chi connectivity index (χ0v) is 14.1. The van der Waals surface area contributed by atoms with Crippen molar-refractivity contribution in [2.24, 2.45) is 0 Å². The van der Waals surface area contributed by atoms with Crippen molar-refractivity contribution in [3.63, 3.8) is 0 Å². The van der Waals surface area contributed by atoms with Crippen LogP contribution in [0.1, 0.15) is 16.7 Å². The molecule has 1 aliphatic heterocycles. The molecule has 1 N–H and O–H groups in total. The van der Waals surface area contributed by atoms with Crippen molar-refractivity contribution in [3.05, 3.63) is 52.0 Å². The van der Waals surface area contributed by atoms with Gasteiger partial charge < -0.3 is 14.5 Å². The minimum Gasteiger partial charge on any atom is -0.467 e. The third-order valence-corrected chi connectivity index (χ3v) is 4.87. The fourth-order valence-electron chi connectivity index (χ4n) is 2.68. The highest BCUT2D eigenvalue weighted by atomic mass is 35.5. The number of aromatic nitrogens is 2. The second kappa shape index (κ2) is 6.07. The highest BCUT2D eigenvalue weighted by Crippen LogP contribution is 2.35. The minimum atomic E-state index is 0.288. The van der Waals surface area contributed by atoms with E-state index in [-0.39, 0.29) is 6.79 Å². The van der Waals surface area contributed by atoms with Gasteiger partial charge >= 0.3 is 0 Å². The fraction of sp³-hybridized carbons (Fsp3) is 0.235. The highest BCUT2D eigenvalue weighted by Gasteiger charge is 2.17. The van der Waals surface area contributed by atoms with Gasteiger partial charge in [-0.15, -0.1) is 0 Å². The number of thioether (sulfide) groups is 1. The van der Waals surface area contributed by atoms with Crippen LogP contribution in [-0.4, -0.2) is 16.8 Å². The molecule has 0 spiro atoms. The van der Waals surface area contributed by atoms with Gasteiger partial charge in [0.15, 0.2) is 11.9 Å². The molecule has 23 heavy (non-hydrogen) atoms. The quantitative estimate of drug-likeness (QED) is 0.699. The average molecular weight is 347 g/mol. The molecule has 4 rings (SSSR count). The van der Waals surface area contributed by atoms with Crippen LogP contribution in [0.5, 0.6) is 5.75 Å². The molecule has 2 aromatic carbocycles. The molecule has 0 bridgehead atoms. The Morgan fingerprint density at radius 2 is 2.22 bits per heavy atom. The van der Waals surface area contributed by atoms with Crippen LogP contribution in [0, 0.1) is 6.92 Å². The second-order valence-electron chi connectivity index (χ2n) is 5.52. The molecule has 118 valence electrons. The SMILES string of the molecule is Cc1ccc2nc(SCc3cc(Cl)cc4c3OCOC4)[nH]c2c1. The van der Waals surface area contributed by atoms with Crippen molar-refractivity contribution in [1.82, 2.24) is 9.97 Å². The van der Waals surface area contributed by atoms with Gasteiger partial charge in [0.05, 0.1) is 17.6 Å². The zero-order valence-electron chi connectivity index (χ0n) is 12.6. The summed E-state index contributed by atoms with van der Waals surface area (Å²) in [6.45, 7) is 2.90. The summed E-state index contributed by atoms with van der Waals surface area (Å²) in [6.07, 6.45) is 0. The molecule has 1 aromatic heterocycles. The van der Waals surface area contributed by atoms with Crippen LogP contribution >= 0.6 is 23.4 Å². The summed E-state index contributed by atoms with van der Waals surface area (Å²) in [5.74, 6) is 1.63. The minimum absolute atomic E-state index is 0.288. The van der Waals surface area contributed by atoms with E-state index in [1.807, 2.05) is 18.2 Å². The Hall–Kier alpha value is -1.69. The monoisotopic (exact) mass is 346 g/mol. The third-order valence-electron chi connectivity index (χ3n) is 3.73. The van der Waals surface area contributed by atoms with Crippen LogP contribution in [0.15, 0.2) is 35.5 Å². The summed E-state index contributed by atoms with van der Waals surface area (Å²) >= 11 is 7.84. The lowest BCUT2D eigenvalue weighted by molar-refractivity contribution is -0.0168. The molecule has 0 aliphatic carbocycles. The average Bonchev–Trinajstić information content (AvgIpc) is 2.94. The Bertz CT molecular complexity index is 878. The fourth-order valence-corrected chi connectivity index (χ4v) is 3.79. The lowest BCUT2D eigenvalue weighted by Crippen LogP contribution is -2.12. The van der Waals surface area contributed by atoms with Gasteiger partial charge in [0.25, 0.3) is 0 Å². The van der Waals surface area contributed by atoms with E-state index in [2.05, 4.69) is 29.0 Å². The normalized spacial score (nSPS) is 13.8. The Morgan fingerprint density at radius 1 is 1.30 bits per heavy atom. The van der Waals surface area contributed by atoms with Gasteiger partial charge in [0.1, 0.15) is 5.75 Å². The summed E-state index contributed by atoms with van der Waals surface area (Å²) in [7, 11) is 0. The number of rotatable bonds is 3. The molecule has 1 aliphatic rings. The van der Waals surface area contributed by atoms with Crippen LogP contribution in [0.4, 0.5) is 0 Å². The molecule has 0 unspecified atom stereocenters. The van der Waals surface area contributed by atoms with E-state index in [0.717, 1.165) is 38.8 Å². The zero-order chi connectivity index (χ0) is 15.8. The van der Waals surface area contributed by atoms with Crippen molar-refractivity contribution in [3.8, 4) is 5.75 Å². The highest BCUT2D eigenvalue weighted by molar-refractivity contribution is 7.98. The van der Waals surface area contributed by atoms with Crippen LogP contribution < -0.4 is 4.74 Å². The number of nitrogens with zero attached hydrogens (tertiary/aromatic N) is 1. The van der Waals surface area contributed by atoms with Gasteiger partial charge in [0, 0.05) is 21.9 Å². The van der Waals surface area contributed by atoms with E-state index in [0.29, 0.717) is 11.6 Å². The molecular formula is C17H15ClN2O2S. The lowest BCUT2D eigenvalue weighted by atomic mass is 10.1. The van der Waals surface area contributed by atoms with Crippen molar-refractivity contribution in [2.75, 3.05) is 6.79 Å². The smallest absolute Gasteiger partial charge is 0.189 e. The number of nitrogens with one attached hydrogen (secondary N) is 1. The molecule has 6 heteroatoms. The molecular weight excluding hydrogens is 332 g/mol. The maximum atomic E-state index is 6.20. The van der Waals surface area contributed by atoms with Gasteiger partial charge in [-0.25, -0.2) is 4.98 Å². The van der Waals surface area contributed by atoms with E-state index >= 15 is 0 Å². The molecule has 0 radical (unpaired) electrons. The number of fused-ring (bicyclic) bond motifs is 2. The first-order valence-corrected chi connectivity index (χ1v) is 8.66. The summed E-state index contributed by atoms with van der Waals surface area (Å²) in [5, 5.41) is 1.60. The third kappa shape index (κ3) is 3.04. The van der Waals surface area contributed by atoms with E-state index in [9.17, 15) is 0 Å². The Morgan fingerprint density at radius 3 is 3.13 bits per heavy atom. The predicted molar refractivity (Wildman–Crippen MR) is 92.1 cm³/mol. The van der Waals surface area contributed by atoms with Crippen LogP contribution in [0.3, 0.4) is 0 Å². The number of ether oxygens (including phenoxy) is 2. The molecule has 0 saturated carbocycles. The number of benzene rings is 2. The number of imidazole rings is 1. The van der Waals surface area contributed by atoms with E-state index in [4.69, 9.17) is 21.1 Å². The van der Waals surface area contributed by atoms with E-state index in [1.54, 1.807) is 11.8 Å². The molecule has 0 amide bonds. The van der Waals surface area contributed by atoms with Gasteiger partial charge in [-0.05, 0) is 36.8 Å². The molecule has 0 atom stereocenters. The molecule has 4 nitrogen and oxygen atoms in total. The summed E-state index contributed by atoms with van der Waals surface area (Å²) < 4.78 is 11.0. The molecule has 0 fully saturated rings. The number of halogens is 1. The number of aryl methyl sites for hydroxylation is 1. The molecule has 3 aromatic rings. The summed E-state index contributed by atoms with van der Waals surface area (Å²) in [5.41, 5.74) is 5.33. The van der Waals surface area contributed by atoms with Crippen LogP contribution in [-0.2, 0) is 17.1 Å². The predicted octanol–water partition coefficient (Wildman–Crippen LogP) is 4.68. The maximum absolute atomic E-state index is 6.20. The largest absolute Gasteiger partial charge is 0.467 e. The topological polar surface area (TPSA) is 47.1 Å². The number of hydrogen-bond acceptors (Lipinski definition) is 4. The standard InChI is InChI=1S/C17H15ClN2O2S/c1-10-2-3-14-15(4-10)20-17(19-14)23-8-12-6-13(18)5-11-7-21-9-22-16(11)12/h2-6H,7-9H2,1H3,(H,19,20). The molecule has 0 saturated heterocycles. The summed E-state index contributed by atoms with van der Waals surface area (Å²) in [4.78, 5) is 7.97. The maximum Gasteiger partial charge on any atom is 0.189 e. The number of hydrogen-bond donors (Lipinski definition) is 1. The van der Waals surface area contributed by atoms with Gasteiger partial charge in [0.2, 0.25) is 0 Å². The Kier molecular flexibility index (Phi) is 3.93. The first-order chi connectivity index (χ1) is 11.2. The Labute approximate surface area is 143 Å². The van der Waals surface area contributed by atoms with Crippen molar-refractivity contribution in [1.29, 1.82) is 0 Å². The van der Waals surface area contributed by atoms with Crippen molar-refractivity contribution >= 4 is 34.4 Å². The number of aromatic amines is 1. The second-order valence-corrected chi connectivity index (χ2v) is 6.92. The molecule has 2 heterocycles. The first kappa shape index (κ1) is 14.9. The van der Waals surface area contributed by atoms with Gasteiger partial charge in [-0.1, -0.05) is 29.4 Å². The van der Waals surface area contributed by atoms with Crippen molar-refractivity contribution in [2.45, 2.75) is 24.4 Å². The van der Waals surface area contributed by atoms with Gasteiger partial charge in [-0.3, -0.25) is 0 Å². The lowest BCUT2D eigenvalue weighted by Gasteiger charge is -2.20. The van der Waals surface area contributed by atoms with Crippen molar-refractivity contribution < 1.29 is 9.47 Å². The van der Waals surface area contributed by atoms with E-state index in [1.165, 1.54) is 5.56 Å². The van der Waals surface area contributed by atoms with Crippen LogP contribution in [0.2, 0.25) is 5.02 Å². The van der Waals surface area contributed by atoms with Gasteiger partial charge in [-0.2, -0.15) is 0 Å². The van der Waals surface area contributed by atoms with E-state index < -0.39 is 0 Å². The Balaban J connectivity index is 1.59. The summed E-state index contributed by atoms with van der Waals surface area (Å²) in [6, 6.07) is 10.1. The number of H-pyrrole nitrogens is 1.